The van der Waals surface area contributed by atoms with Crippen LogP contribution in [0.3, 0.4) is 0 Å². The van der Waals surface area contributed by atoms with Crippen molar-refractivity contribution < 1.29 is 9.90 Å². The topological polar surface area (TPSA) is 52.6 Å². The molecule has 1 fully saturated rings. The monoisotopic (exact) mass is 476 g/mol. The molecular formula is C26H34Cl2N2O2. The minimum absolute atomic E-state index is 0.00786. The molecule has 1 saturated heterocycles. The van der Waals surface area contributed by atoms with Gasteiger partial charge >= 0.3 is 0 Å². The van der Waals surface area contributed by atoms with E-state index in [1.807, 2.05) is 30.3 Å². The molecule has 174 valence electrons. The van der Waals surface area contributed by atoms with E-state index in [9.17, 15) is 9.90 Å². The third-order valence-corrected chi connectivity index (χ3v) is 7.08. The Balaban J connectivity index is 2.08. The van der Waals surface area contributed by atoms with E-state index < -0.39 is 0 Å². The Morgan fingerprint density at radius 1 is 1.31 bits per heavy atom. The van der Waals surface area contributed by atoms with Crippen molar-refractivity contribution in [2.45, 2.75) is 51.1 Å². The molecule has 0 unspecified atom stereocenters. The highest BCUT2D eigenvalue weighted by Crippen LogP contribution is 2.46. The Kier molecular flexibility index (Phi) is 9.42. The minimum Gasteiger partial charge on any atom is -0.395 e. The lowest BCUT2D eigenvalue weighted by Crippen LogP contribution is -2.55. The van der Waals surface area contributed by atoms with Gasteiger partial charge in [-0.25, -0.2) is 0 Å². The van der Waals surface area contributed by atoms with Gasteiger partial charge in [0, 0.05) is 41.0 Å². The first-order valence-corrected chi connectivity index (χ1v) is 12.3. The Morgan fingerprint density at radius 3 is 2.69 bits per heavy atom. The fraction of sp³-hybridized carbons (Fsp3) is 0.500. The van der Waals surface area contributed by atoms with Crippen LogP contribution in [-0.2, 0) is 4.79 Å². The average Bonchev–Trinajstić information content (AvgIpc) is 2.79. The van der Waals surface area contributed by atoms with Gasteiger partial charge in [0.15, 0.2) is 0 Å². The van der Waals surface area contributed by atoms with Crippen molar-refractivity contribution in [3.63, 3.8) is 0 Å². The fourth-order valence-corrected chi connectivity index (χ4v) is 5.35. The number of hydrogen-bond acceptors (Lipinski definition) is 3. The van der Waals surface area contributed by atoms with Crippen molar-refractivity contribution in [1.82, 2.24) is 10.2 Å². The molecule has 0 spiro atoms. The summed E-state index contributed by atoms with van der Waals surface area (Å²) in [7, 11) is 0. The molecule has 0 bridgehead atoms. The number of nitrogens with zero attached hydrogens (tertiary/aromatic N) is 1. The number of carbonyl (C=O) groups is 1. The SMILES string of the molecule is C=CC[C@H]1C[C@H](C2=CCCC(Cl)=C2)[C@@H](c2ccc(Cl)cc2)N([C@H](CC)CNCCO)C1=O. The standard InChI is InChI=1S/C26H34Cl2N2O2/c1-3-6-20-16-24(19-7-5-8-22(28)15-19)25(18-9-11-21(27)12-10-18)30(26(20)32)23(4-2)17-29-13-14-31/h3,7,9-12,15,20,23-25,29,31H,1,4-6,8,13-14,16-17H2,2H3/t20-,23+,24+,25+/m0/s1. The Bertz CT molecular complexity index is 850. The number of amides is 1. The summed E-state index contributed by atoms with van der Waals surface area (Å²) in [6, 6.07) is 7.78. The van der Waals surface area contributed by atoms with Crippen LogP contribution in [0.15, 0.2) is 59.7 Å². The molecule has 3 rings (SSSR count). The molecule has 1 amide bonds. The van der Waals surface area contributed by atoms with E-state index >= 15 is 0 Å². The van der Waals surface area contributed by atoms with Gasteiger partial charge in [0.1, 0.15) is 0 Å². The van der Waals surface area contributed by atoms with Crippen molar-refractivity contribution in [1.29, 1.82) is 0 Å². The molecule has 6 heteroatoms. The van der Waals surface area contributed by atoms with E-state index in [0.717, 1.165) is 36.3 Å². The summed E-state index contributed by atoms with van der Waals surface area (Å²) in [4.78, 5) is 15.9. The second-order valence-corrected chi connectivity index (χ2v) is 9.55. The van der Waals surface area contributed by atoms with Crippen LogP contribution in [0.25, 0.3) is 0 Å². The lowest BCUT2D eigenvalue weighted by Gasteiger charge is -2.49. The van der Waals surface area contributed by atoms with Crippen LogP contribution in [0.2, 0.25) is 5.02 Å². The summed E-state index contributed by atoms with van der Waals surface area (Å²) < 4.78 is 0. The summed E-state index contributed by atoms with van der Waals surface area (Å²) >= 11 is 12.6. The van der Waals surface area contributed by atoms with Crippen LogP contribution in [-0.4, -0.2) is 41.7 Å². The van der Waals surface area contributed by atoms with Crippen molar-refractivity contribution in [2.75, 3.05) is 19.7 Å². The second kappa shape index (κ2) is 12.0. The van der Waals surface area contributed by atoms with E-state index in [0.29, 0.717) is 24.5 Å². The molecule has 1 aliphatic heterocycles. The number of rotatable bonds is 10. The highest BCUT2D eigenvalue weighted by atomic mass is 35.5. The predicted octanol–water partition coefficient (Wildman–Crippen LogP) is 5.63. The minimum atomic E-state index is -0.108. The number of benzene rings is 1. The van der Waals surface area contributed by atoms with Gasteiger partial charge in [-0.2, -0.15) is 0 Å². The second-order valence-electron chi connectivity index (χ2n) is 8.63. The van der Waals surface area contributed by atoms with Crippen LogP contribution < -0.4 is 5.32 Å². The van der Waals surface area contributed by atoms with Gasteiger partial charge in [-0.05, 0) is 61.4 Å². The number of hydrogen-bond donors (Lipinski definition) is 2. The van der Waals surface area contributed by atoms with E-state index in [1.165, 1.54) is 5.57 Å². The largest absolute Gasteiger partial charge is 0.395 e. The number of halogens is 2. The summed E-state index contributed by atoms with van der Waals surface area (Å²) in [5, 5.41) is 14.1. The number of aliphatic hydroxyl groups excluding tert-OH is 1. The molecule has 4 nitrogen and oxygen atoms in total. The van der Waals surface area contributed by atoms with Gasteiger partial charge in [0.2, 0.25) is 5.91 Å². The molecular weight excluding hydrogens is 443 g/mol. The Labute approximate surface area is 202 Å². The lowest BCUT2D eigenvalue weighted by atomic mass is 9.73. The van der Waals surface area contributed by atoms with Crippen LogP contribution in [0, 0.1) is 11.8 Å². The van der Waals surface area contributed by atoms with Crippen molar-refractivity contribution in [3.8, 4) is 0 Å². The molecule has 4 atom stereocenters. The van der Waals surface area contributed by atoms with Crippen LogP contribution >= 0.6 is 23.2 Å². The van der Waals surface area contributed by atoms with Gasteiger partial charge in [-0.15, -0.1) is 6.58 Å². The molecule has 0 radical (unpaired) electrons. The van der Waals surface area contributed by atoms with E-state index in [2.05, 4.69) is 35.9 Å². The maximum Gasteiger partial charge on any atom is 0.226 e. The Morgan fingerprint density at radius 2 is 2.06 bits per heavy atom. The number of allylic oxidation sites excluding steroid dienone is 4. The molecule has 0 aromatic heterocycles. The van der Waals surface area contributed by atoms with Crippen LogP contribution in [0.5, 0.6) is 0 Å². The average molecular weight is 477 g/mol. The molecule has 2 N–H and O–H groups in total. The van der Waals surface area contributed by atoms with Crippen molar-refractivity contribution in [3.05, 3.63) is 70.3 Å². The molecule has 32 heavy (non-hydrogen) atoms. The summed E-state index contributed by atoms with van der Waals surface area (Å²) in [6.45, 7) is 7.23. The number of nitrogens with one attached hydrogen (secondary N) is 1. The smallest absolute Gasteiger partial charge is 0.226 e. The normalized spacial score (nSPS) is 24.7. The third kappa shape index (κ3) is 5.85. The number of likely N-dealkylation sites (tertiary alicyclic amines) is 1. The van der Waals surface area contributed by atoms with Gasteiger partial charge in [-0.1, -0.05) is 54.4 Å². The highest BCUT2D eigenvalue weighted by Gasteiger charge is 2.45. The zero-order valence-electron chi connectivity index (χ0n) is 18.8. The maximum atomic E-state index is 13.8. The third-order valence-electron chi connectivity index (χ3n) is 6.53. The summed E-state index contributed by atoms with van der Waals surface area (Å²) in [6.07, 6.45) is 10.3. The highest BCUT2D eigenvalue weighted by molar-refractivity contribution is 6.30. The predicted molar refractivity (Wildman–Crippen MR) is 133 cm³/mol. The summed E-state index contributed by atoms with van der Waals surface area (Å²) in [5.74, 6) is 0.202. The number of piperidine rings is 1. The first-order valence-electron chi connectivity index (χ1n) is 11.6. The number of carbonyl (C=O) groups excluding carboxylic acids is 1. The Hall–Kier alpha value is -1.59. The fourth-order valence-electron chi connectivity index (χ4n) is 4.99. The lowest BCUT2D eigenvalue weighted by molar-refractivity contribution is -0.147. The first kappa shape index (κ1) is 25.0. The van der Waals surface area contributed by atoms with Gasteiger partial charge in [0.05, 0.1) is 12.6 Å². The molecule has 1 aliphatic carbocycles. The molecule has 1 aromatic carbocycles. The summed E-state index contributed by atoms with van der Waals surface area (Å²) in [5.41, 5.74) is 2.30. The van der Waals surface area contributed by atoms with E-state index in [4.69, 9.17) is 23.2 Å². The number of aliphatic hydroxyl groups is 1. The van der Waals surface area contributed by atoms with Crippen LogP contribution in [0.1, 0.15) is 50.6 Å². The molecule has 1 aromatic rings. The zero-order valence-corrected chi connectivity index (χ0v) is 20.3. The molecule has 1 heterocycles. The molecule has 0 saturated carbocycles. The zero-order chi connectivity index (χ0) is 23.1. The maximum absolute atomic E-state index is 13.8. The molecule has 2 aliphatic rings. The quantitative estimate of drug-likeness (QED) is 0.340. The van der Waals surface area contributed by atoms with Crippen molar-refractivity contribution in [2.24, 2.45) is 11.8 Å². The van der Waals surface area contributed by atoms with Gasteiger partial charge in [-0.3, -0.25) is 4.79 Å². The van der Waals surface area contributed by atoms with Gasteiger partial charge in [0.25, 0.3) is 0 Å². The van der Waals surface area contributed by atoms with Gasteiger partial charge < -0.3 is 15.3 Å². The first-order chi connectivity index (χ1) is 15.5. The van der Waals surface area contributed by atoms with Crippen LogP contribution in [0.4, 0.5) is 0 Å². The van der Waals surface area contributed by atoms with E-state index in [1.54, 1.807) is 0 Å². The van der Waals surface area contributed by atoms with Crippen molar-refractivity contribution >= 4 is 29.1 Å². The van der Waals surface area contributed by atoms with E-state index in [-0.39, 0.29) is 36.4 Å².